The van der Waals surface area contributed by atoms with E-state index in [0.29, 0.717) is 5.56 Å². The van der Waals surface area contributed by atoms with Crippen LogP contribution in [0.3, 0.4) is 0 Å². The third-order valence-electron chi connectivity index (χ3n) is 4.30. The van der Waals surface area contributed by atoms with Gasteiger partial charge in [0, 0.05) is 24.2 Å². The maximum atomic E-state index is 12.7. The number of imidazole rings is 1. The molecule has 0 spiro atoms. The van der Waals surface area contributed by atoms with Gasteiger partial charge >= 0.3 is 12.3 Å². The van der Waals surface area contributed by atoms with E-state index in [1.165, 1.54) is 21.3 Å². The minimum atomic E-state index is -2.89. The molecule has 0 aliphatic rings. The molecule has 4 aromatic rings. The number of H-pyrrole nitrogens is 1. The lowest BCUT2D eigenvalue weighted by Gasteiger charge is -2.07. The van der Waals surface area contributed by atoms with Gasteiger partial charge < -0.3 is 4.74 Å². The van der Waals surface area contributed by atoms with Gasteiger partial charge in [-0.1, -0.05) is 24.3 Å². The van der Waals surface area contributed by atoms with E-state index in [1.54, 1.807) is 36.9 Å². The second kappa shape index (κ2) is 7.51. The minimum Gasteiger partial charge on any atom is -0.435 e. The third kappa shape index (κ3) is 3.71. The van der Waals surface area contributed by atoms with E-state index in [9.17, 15) is 13.6 Å². The summed E-state index contributed by atoms with van der Waals surface area (Å²) in [5, 5.41) is 6.69. The first kappa shape index (κ1) is 17.7. The van der Waals surface area contributed by atoms with Gasteiger partial charge in [-0.05, 0) is 35.4 Å². The lowest BCUT2D eigenvalue weighted by atomic mass is 10.1. The number of hydrogen-bond acceptors (Lipinski definition) is 3. The molecule has 2 heterocycles. The van der Waals surface area contributed by atoms with Crippen LogP contribution in [0.15, 0.2) is 78.1 Å². The molecule has 1 N–H and O–H groups in total. The van der Waals surface area contributed by atoms with E-state index < -0.39 is 6.61 Å². The third-order valence-corrected chi connectivity index (χ3v) is 4.30. The zero-order valence-corrected chi connectivity index (χ0v) is 14.6. The van der Waals surface area contributed by atoms with Crippen LogP contribution in [0.2, 0.25) is 0 Å². The number of benzene rings is 2. The molecule has 0 fully saturated rings. The molecule has 0 bridgehead atoms. The van der Waals surface area contributed by atoms with E-state index in [4.69, 9.17) is 0 Å². The van der Waals surface area contributed by atoms with Crippen molar-refractivity contribution in [2.45, 2.75) is 13.2 Å². The quantitative estimate of drug-likeness (QED) is 0.553. The Morgan fingerprint density at radius 1 is 1.07 bits per heavy atom. The zero-order chi connectivity index (χ0) is 19.5. The Labute approximate surface area is 158 Å². The number of ether oxygens (including phenoxy) is 1. The second-order valence-corrected chi connectivity index (χ2v) is 6.14. The number of aromatic amines is 1. The van der Waals surface area contributed by atoms with Crippen LogP contribution in [0.25, 0.3) is 16.8 Å². The van der Waals surface area contributed by atoms with Crippen LogP contribution in [-0.2, 0) is 6.54 Å². The highest BCUT2D eigenvalue weighted by molar-refractivity contribution is 5.62. The average molecular weight is 382 g/mol. The van der Waals surface area contributed by atoms with Crippen molar-refractivity contribution >= 4 is 0 Å². The summed E-state index contributed by atoms with van der Waals surface area (Å²) < 4.78 is 32.2. The van der Waals surface area contributed by atoms with Crippen LogP contribution in [0, 0.1) is 0 Å². The Bertz CT molecular complexity index is 1120. The lowest BCUT2D eigenvalue weighted by molar-refractivity contribution is -0.0498. The van der Waals surface area contributed by atoms with E-state index in [2.05, 4.69) is 14.9 Å². The summed E-state index contributed by atoms with van der Waals surface area (Å²) in [5.41, 5.74) is 3.14. The number of nitrogens with one attached hydrogen (secondary N) is 1. The Kier molecular flexibility index (Phi) is 4.76. The standard InChI is InChI=1S/C20H16F2N4O2/c21-19(22)28-18-3-1-2-14(10-18)13-25-8-9-26(20(25)27)17-6-4-15(5-7-17)16-11-23-24-12-16/h1-12,19H,13H2,(H,23,24). The molecular weight excluding hydrogens is 366 g/mol. The minimum absolute atomic E-state index is 0.0646. The maximum Gasteiger partial charge on any atom is 0.387 e. The van der Waals surface area contributed by atoms with E-state index in [1.807, 2.05) is 24.3 Å². The number of hydrogen-bond donors (Lipinski definition) is 1. The van der Waals surface area contributed by atoms with Crippen molar-refractivity contribution in [3.8, 4) is 22.6 Å². The van der Waals surface area contributed by atoms with Gasteiger partial charge in [-0.25, -0.2) is 4.79 Å². The first-order chi connectivity index (χ1) is 13.6. The number of alkyl halides is 2. The van der Waals surface area contributed by atoms with Gasteiger partial charge in [-0.2, -0.15) is 13.9 Å². The van der Waals surface area contributed by atoms with Crippen molar-refractivity contribution < 1.29 is 13.5 Å². The lowest BCUT2D eigenvalue weighted by Crippen LogP contribution is -2.23. The van der Waals surface area contributed by atoms with Crippen LogP contribution in [0.4, 0.5) is 8.78 Å². The van der Waals surface area contributed by atoms with E-state index in [-0.39, 0.29) is 18.0 Å². The summed E-state index contributed by atoms with van der Waals surface area (Å²) in [6.45, 7) is -2.64. The SMILES string of the molecule is O=c1n(Cc2cccc(OC(F)F)c2)ccn1-c1ccc(-c2cn[nH]c2)cc1. The summed E-state index contributed by atoms with van der Waals surface area (Å²) in [4.78, 5) is 12.7. The molecule has 6 nitrogen and oxygen atoms in total. The first-order valence-corrected chi connectivity index (χ1v) is 8.51. The van der Waals surface area contributed by atoms with Crippen molar-refractivity contribution in [2.24, 2.45) is 0 Å². The Morgan fingerprint density at radius 2 is 1.89 bits per heavy atom. The number of rotatable bonds is 6. The molecule has 0 saturated heterocycles. The summed E-state index contributed by atoms with van der Waals surface area (Å²) in [5.74, 6) is 0.0646. The van der Waals surface area contributed by atoms with E-state index >= 15 is 0 Å². The summed E-state index contributed by atoms with van der Waals surface area (Å²) in [6.07, 6.45) is 6.86. The molecule has 142 valence electrons. The number of aromatic nitrogens is 4. The van der Waals surface area contributed by atoms with Crippen molar-refractivity contribution in [1.82, 2.24) is 19.3 Å². The highest BCUT2D eigenvalue weighted by Gasteiger charge is 2.09. The fraction of sp³-hybridized carbons (Fsp3) is 0.100. The van der Waals surface area contributed by atoms with Gasteiger partial charge in [-0.15, -0.1) is 0 Å². The Hall–Kier alpha value is -3.68. The fourth-order valence-electron chi connectivity index (χ4n) is 2.97. The predicted octanol–water partition coefficient (Wildman–Crippen LogP) is 3.68. The molecule has 28 heavy (non-hydrogen) atoms. The maximum absolute atomic E-state index is 12.7. The van der Waals surface area contributed by atoms with Crippen molar-refractivity contribution in [2.75, 3.05) is 0 Å². The molecule has 0 aliphatic carbocycles. The topological polar surface area (TPSA) is 64.8 Å². The van der Waals surface area contributed by atoms with Crippen molar-refractivity contribution in [1.29, 1.82) is 0 Å². The molecule has 0 unspecified atom stereocenters. The van der Waals surface area contributed by atoms with Crippen LogP contribution >= 0.6 is 0 Å². The van der Waals surface area contributed by atoms with Crippen molar-refractivity contribution in [3.63, 3.8) is 0 Å². The predicted molar refractivity (Wildman–Crippen MR) is 99.8 cm³/mol. The molecular formula is C20H16F2N4O2. The van der Waals surface area contributed by atoms with Gasteiger partial charge in [0.1, 0.15) is 5.75 Å². The van der Waals surface area contributed by atoms with Gasteiger partial charge in [0.25, 0.3) is 0 Å². The largest absolute Gasteiger partial charge is 0.435 e. The Morgan fingerprint density at radius 3 is 2.61 bits per heavy atom. The fourth-order valence-corrected chi connectivity index (χ4v) is 2.97. The summed E-state index contributed by atoms with van der Waals surface area (Å²) in [6, 6.07) is 13.8. The summed E-state index contributed by atoms with van der Waals surface area (Å²) >= 11 is 0. The highest BCUT2D eigenvalue weighted by Crippen LogP contribution is 2.19. The number of nitrogens with zero attached hydrogens (tertiary/aromatic N) is 3. The normalized spacial score (nSPS) is 11.1. The van der Waals surface area contributed by atoms with Crippen LogP contribution < -0.4 is 10.4 Å². The monoisotopic (exact) mass is 382 g/mol. The van der Waals surface area contributed by atoms with Crippen LogP contribution in [0.5, 0.6) is 5.75 Å². The smallest absolute Gasteiger partial charge is 0.387 e. The molecule has 0 atom stereocenters. The zero-order valence-electron chi connectivity index (χ0n) is 14.6. The van der Waals surface area contributed by atoms with Gasteiger partial charge in [0.05, 0.1) is 18.4 Å². The van der Waals surface area contributed by atoms with E-state index in [0.717, 1.165) is 16.8 Å². The van der Waals surface area contributed by atoms with Crippen molar-refractivity contribution in [3.05, 3.63) is 89.4 Å². The van der Waals surface area contributed by atoms with Gasteiger partial charge in [0.2, 0.25) is 0 Å². The molecule has 2 aromatic heterocycles. The summed E-state index contributed by atoms with van der Waals surface area (Å²) in [7, 11) is 0. The van der Waals surface area contributed by atoms with Gasteiger partial charge in [0.15, 0.2) is 0 Å². The molecule has 0 amide bonds. The van der Waals surface area contributed by atoms with Gasteiger partial charge in [-0.3, -0.25) is 14.2 Å². The molecule has 4 rings (SSSR count). The highest BCUT2D eigenvalue weighted by atomic mass is 19.3. The van der Waals surface area contributed by atoms with Crippen LogP contribution in [-0.4, -0.2) is 25.9 Å². The molecule has 0 aliphatic heterocycles. The second-order valence-electron chi connectivity index (χ2n) is 6.14. The number of halogens is 2. The Balaban J connectivity index is 1.56. The first-order valence-electron chi connectivity index (χ1n) is 8.51. The molecule has 0 radical (unpaired) electrons. The molecule has 0 saturated carbocycles. The molecule has 2 aromatic carbocycles. The molecule has 8 heteroatoms. The van der Waals surface area contributed by atoms with Crippen LogP contribution in [0.1, 0.15) is 5.56 Å². The average Bonchev–Trinajstić information content (AvgIpc) is 3.33.